The van der Waals surface area contributed by atoms with Crippen LogP contribution in [-0.4, -0.2) is 39.9 Å². The molecular weight excluding hydrogens is 374 g/mol. The summed E-state index contributed by atoms with van der Waals surface area (Å²) in [6, 6.07) is 11.8. The first-order chi connectivity index (χ1) is 13.8. The second-order valence-electron chi connectivity index (χ2n) is 6.79. The predicted molar refractivity (Wildman–Crippen MR) is 101 cm³/mol. The van der Waals surface area contributed by atoms with Crippen molar-refractivity contribution < 1.29 is 23.5 Å². The predicted octanol–water partition coefficient (Wildman–Crippen LogP) is 3.19. The first kappa shape index (κ1) is 18.5. The van der Waals surface area contributed by atoms with E-state index in [0.29, 0.717) is 5.89 Å². The highest BCUT2D eigenvalue weighted by atomic mass is 16.6. The van der Waals surface area contributed by atoms with Crippen LogP contribution in [0.15, 0.2) is 46.9 Å². The van der Waals surface area contributed by atoms with Gasteiger partial charge >= 0.3 is 5.97 Å². The number of nitrogens with zero attached hydrogens (tertiary/aromatic N) is 3. The summed E-state index contributed by atoms with van der Waals surface area (Å²) in [6.45, 7) is 3.59. The van der Waals surface area contributed by atoms with Crippen molar-refractivity contribution in [3.05, 3.63) is 70.6 Å². The number of benzene rings is 2. The Morgan fingerprint density at radius 2 is 1.72 bits per heavy atom. The molecule has 146 valence electrons. The van der Waals surface area contributed by atoms with E-state index < -0.39 is 23.9 Å². The summed E-state index contributed by atoms with van der Waals surface area (Å²) >= 11 is 0. The number of carbonyl (C=O) groups is 3. The number of amides is 2. The third-order valence-electron chi connectivity index (χ3n) is 4.70. The number of rotatable bonds is 4. The second-order valence-corrected chi connectivity index (χ2v) is 6.79. The third kappa shape index (κ3) is 3.29. The van der Waals surface area contributed by atoms with Crippen molar-refractivity contribution in [3.8, 4) is 11.5 Å². The standard InChI is InChI=1S/C21H17N3O5/c1-11-4-6-13(7-5-11)18-23-22-17(29-18)12(2)28-21(27)14-8-9-15-16(10-14)20(26)24(3)19(15)25/h4-10,12H,1-3H3. The SMILES string of the molecule is Cc1ccc(-c2nnc(C(C)OC(=O)c3ccc4c(c3)C(=O)N(C)C4=O)o2)cc1. The molecule has 1 aliphatic heterocycles. The van der Waals surface area contributed by atoms with Crippen LogP contribution < -0.4 is 0 Å². The molecule has 1 aromatic heterocycles. The molecule has 0 spiro atoms. The Morgan fingerprint density at radius 3 is 2.45 bits per heavy atom. The molecule has 1 aliphatic rings. The van der Waals surface area contributed by atoms with Gasteiger partial charge in [0.2, 0.25) is 5.89 Å². The maximum atomic E-state index is 12.5. The van der Waals surface area contributed by atoms with Gasteiger partial charge in [-0.05, 0) is 44.2 Å². The van der Waals surface area contributed by atoms with E-state index in [-0.39, 0.29) is 22.6 Å². The molecule has 2 heterocycles. The van der Waals surface area contributed by atoms with Gasteiger partial charge in [-0.15, -0.1) is 10.2 Å². The maximum Gasteiger partial charge on any atom is 0.338 e. The van der Waals surface area contributed by atoms with Gasteiger partial charge in [0.1, 0.15) is 0 Å². The number of fused-ring (bicyclic) bond motifs is 1. The van der Waals surface area contributed by atoms with E-state index in [1.165, 1.54) is 25.2 Å². The van der Waals surface area contributed by atoms with E-state index in [2.05, 4.69) is 10.2 Å². The molecule has 8 heteroatoms. The lowest BCUT2D eigenvalue weighted by atomic mass is 10.1. The lowest BCUT2D eigenvalue weighted by molar-refractivity contribution is 0.0279. The summed E-state index contributed by atoms with van der Waals surface area (Å²) in [5, 5.41) is 7.95. The number of imide groups is 1. The Hall–Kier alpha value is -3.81. The lowest BCUT2D eigenvalue weighted by Crippen LogP contribution is -2.24. The fourth-order valence-corrected chi connectivity index (χ4v) is 2.98. The van der Waals surface area contributed by atoms with Crippen LogP contribution in [0.2, 0.25) is 0 Å². The number of esters is 1. The molecule has 29 heavy (non-hydrogen) atoms. The van der Waals surface area contributed by atoms with Crippen LogP contribution in [0.5, 0.6) is 0 Å². The van der Waals surface area contributed by atoms with Gasteiger partial charge in [0, 0.05) is 12.6 Å². The van der Waals surface area contributed by atoms with E-state index in [1.54, 1.807) is 6.92 Å². The minimum atomic E-state index is -0.789. The average Bonchev–Trinajstić information content (AvgIpc) is 3.29. The minimum Gasteiger partial charge on any atom is -0.449 e. The Kier molecular flexibility index (Phi) is 4.46. The van der Waals surface area contributed by atoms with E-state index in [1.807, 2.05) is 31.2 Å². The molecule has 0 N–H and O–H groups in total. The van der Waals surface area contributed by atoms with Crippen LogP contribution in [-0.2, 0) is 4.74 Å². The van der Waals surface area contributed by atoms with Crippen molar-refractivity contribution in [1.82, 2.24) is 15.1 Å². The number of ether oxygens (including phenoxy) is 1. The van der Waals surface area contributed by atoms with Crippen molar-refractivity contribution >= 4 is 17.8 Å². The molecule has 2 aromatic carbocycles. The summed E-state index contributed by atoms with van der Waals surface area (Å²) < 4.78 is 11.0. The largest absolute Gasteiger partial charge is 0.449 e. The summed E-state index contributed by atoms with van der Waals surface area (Å²) in [5.74, 6) is -1.03. The van der Waals surface area contributed by atoms with Gasteiger partial charge in [0.05, 0.1) is 16.7 Å². The van der Waals surface area contributed by atoms with Crippen molar-refractivity contribution in [1.29, 1.82) is 0 Å². The molecule has 0 bridgehead atoms. The minimum absolute atomic E-state index is 0.154. The lowest BCUT2D eigenvalue weighted by Gasteiger charge is -2.09. The highest BCUT2D eigenvalue weighted by Crippen LogP contribution is 2.26. The summed E-state index contributed by atoms with van der Waals surface area (Å²) in [5.41, 5.74) is 2.47. The molecule has 0 saturated heterocycles. The van der Waals surface area contributed by atoms with Gasteiger partial charge < -0.3 is 9.15 Å². The monoisotopic (exact) mass is 391 g/mol. The quantitative estimate of drug-likeness (QED) is 0.497. The number of aryl methyl sites for hydroxylation is 1. The Morgan fingerprint density at radius 1 is 1.03 bits per heavy atom. The Bertz CT molecular complexity index is 1130. The molecular formula is C21H17N3O5. The topological polar surface area (TPSA) is 103 Å². The zero-order valence-corrected chi connectivity index (χ0v) is 16.0. The van der Waals surface area contributed by atoms with E-state index in [4.69, 9.17) is 9.15 Å². The van der Waals surface area contributed by atoms with Gasteiger partial charge in [-0.1, -0.05) is 17.7 Å². The second kappa shape index (κ2) is 6.97. The number of carbonyl (C=O) groups excluding carboxylic acids is 3. The van der Waals surface area contributed by atoms with Crippen molar-refractivity contribution in [2.24, 2.45) is 0 Å². The molecule has 0 saturated carbocycles. The summed E-state index contributed by atoms with van der Waals surface area (Å²) in [7, 11) is 1.39. The van der Waals surface area contributed by atoms with Crippen molar-refractivity contribution in [3.63, 3.8) is 0 Å². The molecule has 1 atom stereocenters. The molecule has 8 nitrogen and oxygen atoms in total. The molecule has 4 rings (SSSR count). The first-order valence-corrected chi connectivity index (χ1v) is 8.93. The molecule has 0 aliphatic carbocycles. The highest BCUT2D eigenvalue weighted by Gasteiger charge is 2.33. The van der Waals surface area contributed by atoms with Crippen LogP contribution in [0.4, 0.5) is 0 Å². The Labute approximate surface area is 166 Å². The summed E-state index contributed by atoms with van der Waals surface area (Å²) in [4.78, 5) is 37.6. The fraction of sp³-hybridized carbons (Fsp3) is 0.190. The maximum absolute atomic E-state index is 12.5. The van der Waals surface area contributed by atoms with Crippen LogP contribution in [0.1, 0.15) is 55.6 Å². The van der Waals surface area contributed by atoms with Gasteiger partial charge in [0.25, 0.3) is 17.7 Å². The third-order valence-corrected chi connectivity index (χ3v) is 4.70. The van der Waals surface area contributed by atoms with Crippen LogP contribution in [0, 0.1) is 6.92 Å². The molecule has 0 fully saturated rings. The smallest absolute Gasteiger partial charge is 0.338 e. The van der Waals surface area contributed by atoms with Gasteiger partial charge in [-0.25, -0.2) is 4.79 Å². The first-order valence-electron chi connectivity index (χ1n) is 8.93. The van der Waals surface area contributed by atoms with Gasteiger partial charge in [0.15, 0.2) is 6.10 Å². The summed E-state index contributed by atoms with van der Waals surface area (Å²) in [6.07, 6.45) is -0.789. The van der Waals surface area contributed by atoms with Gasteiger partial charge in [-0.2, -0.15) is 0 Å². The van der Waals surface area contributed by atoms with Crippen LogP contribution in [0.25, 0.3) is 11.5 Å². The number of aromatic nitrogens is 2. The van der Waals surface area contributed by atoms with Crippen molar-refractivity contribution in [2.75, 3.05) is 7.05 Å². The van der Waals surface area contributed by atoms with E-state index in [9.17, 15) is 14.4 Å². The average molecular weight is 391 g/mol. The molecule has 1 unspecified atom stereocenters. The van der Waals surface area contributed by atoms with Crippen LogP contribution in [0.3, 0.4) is 0 Å². The Balaban J connectivity index is 1.50. The number of hydrogen-bond acceptors (Lipinski definition) is 7. The highest BCUT2D eigenvalue weighted by molar-refractivity contribution is 6.21. The van der Waals surface area contributed by atoms with Crippen LogP contribution >= 0.6 is 0 Å². The zero-order valence-electron chi connectivity index (χ0n) is 16.0. The molecule has 0 radical (unpaired) electrons. The zero-order chi connectivity index (χ0) is 20.7. The fourth-order valence-electron chi connectivity index (χ4n) is 2.98. The van der Waals surface area contributed by atoms with Gasteiger partial charge in [-0.3, -0.25) is 14.5 Å². The normalized spacial score (nSPS) is 14.1. The van der Waals surface area contributed by atoms with E-state index >= 15 is 0 Å². The number of hydrogen-bond donors (Lipinski definition) is 0. The molecule has 2 amide bonds. The van der Waals surface area contributed by atoms with E-state index in [0.717, 1.165) is 16.0 Å². The molecule has 3 aromatic rings. The van der Waals surface area contributed by atoms with Crippen molar-refractivity contribution in [2.45, 2.75) is 20.0 Å².